The van der Waals surface area contributed by atoms with Gasteiger partial charge < -0.3 is 5.32 Å². The van der Waals surface area contributed by atoms with Crippen LogP contribution < -0.4 is 5.32 Å². The van der Waals surface area contributed by atoms with Crippen molar-refractivity contribution in [2.75, 3.05) is 5.32 Å². The normalized spacial score (nSPS) is 11.4. The molecule has 0 saturated carbocycles. The van der Waals surface area contributed by atoms with Crippen molar-refractivity contribution in [3.8, 4) is 0 Å². The third-order valence-corrected chi connectivity index (χ3v) is 4.31. The summed E-state index contributed by atoms with van der Waals surface area (Å²) in [6.07, 6.45) is 0.165. The first-order valence-electron chi connectivity index (χ1n) is 6.35. The number of hydrogen-bond acceptors (Lipinski definition) is 3. The molecule has 2 rings (SSSR count). The molecule has 0 aliphatic heterocycles. The molecule has 0 heterocycles. The fourth-order valence-electron chi connectivity index (χ4n) is 1.82. The van der Waals surface area contributed by atoms with Gasteiger partial charge in [-0.25, -0.2) is 8.42 Å². The van der Waals surface area contributed by atoms with Crippen molar-refractivity contribution in [2.45, 2.75) is 17.1 Å². The molecule has 0 aliphatic rings. The maximum Gasteiger partial charge on any atom is 0.341 e. The lowest BCUT2D eigenvalue weighted by atomic mass is 10.1. The Morgan fingerprint density at radius 1 is 1.00 bits per heavy atom. The van der Waals surface area contributed by atoms with Crippen LogP contribution in [0.4, 0.5) is 14.5 Å². The Balaban J connectivity index is 2.04. The number of anilines is 1. The second kappa shape index (κ2) is 6.65. The second-order valence-corrected chi connectivity index (χ2v) is 6.46. The molecule has 0 bridgehead atoms. The Morgan fingerprint density at radius 2 is 1.59 bits per heavy atom. The highest BCUT2D eigenvalue weighted by Crippen LogP contribution is 2.20. The highest BCUT2D eigenvalue weighted by atomic mass is 32.2. The van der Waals surface area contributed by atoms with Crippen LogP contribution in [0, 0.1) is 0 Å². The summed E-state index contributed by atoms with van der Waals surface area (Å²) >= 11 is 0. The van der Waals surface area contributed by atoms with Gasteiger partial charge in [-0.2, -0.15) is 8.78 Å². The van der Waals surface area contributed by atoms with E-state index in [9.17, 15) is 22.0 Å². The molecule has 0 unspecified atom stereocenters. The summed E-state index contributed by atoms with van der Waals surface area (Å²) in [6.45, 7) is 0. The zero-order valence-electron chi connectivity index (χ0n) is 11.4. The van der Waals surface area contributed by atoms with E-state index in [1.54, 1.807) is 12.1 Å². The average molecular weight is 325 g/mol. The van der Waals surface area contributed by atoms with Gasteiger partial charge in [-0.3, -0.25) is 4.79 Å². The van der Waals surface area contributed by atoms with Crippen LogP contribution in [-0.4, -0.2) is 20.1 Å². The molecule has 2 aromatic rings. The molecule has 0 atom stereocenters. The van der Waals surface area contributed by atoms with Crippen LogP contribution in [0.15, 0.2) is 59.5 Å². The summed E-state index contributed by atoms with van der Waals surface area (Å²) in [7, 11) is -4.62. The maximum absolute atomic E-state index is 12.4. The van der Waals surface area contributed by atoms with Gasteiger partial charge in [-0.15, -0.1) is 0 Å². The van der Waals surface area contributed by atoms with Crippen molar-refractivity contribution in [3.63, 3.8) is 0 Å². The second-order valence-electron chi connectivity index (χ2n) is 4.54. The van der Waals surface area contributed by atoms with E-state index in [2.05, 4.69) is 5.32 Å². The fourth-order valence-corrected chi connectivity index (χ4v) is 2.54. The number of hydrogen-bond donors (Lipinski definition) is 1. The van der Waals surface area contributed by atoms with Gasteiger partial charge in [0.2, 0.25) is 15.7 Å². The molecular weight excluding hydrogens is 312 g/mol. The lowest BCUT2D eigenvalue weighted by molar-refractivity contribution is -0.115. The van der Waals surface area contributed by atoms with Gasteiger partial charge in [0.1, 0.15) is 0 Å². The summed E-state index contributed by atoms with van der Waals surface area (Å²) in [4.78, 5) is 11.3. The van der Waals surface area contributed by atoms with Gasteiger partial charge in [0.25, 0.3) is 0 Å². The van der Waals surface area contributed by atoms with Gasteiger partial charge in [0, 0.05) is 5.69 Å². The third kappa shape index (κ3) is 3.88. The number of alkyl halides is 2. The predicted molar refractivity (Wildman–Crippen MR) is 78.4 cm³/mol. The largest absolute Gasteiger partial charge is 0.341 e. The molecule has 7 heteroatoms. The first-order chi connectivity index (χ1) is 10.4. The third-order valence-electron chi connectivity index (χ3n) is 2.91. The first kappa shape index (κ1) is 16.1. The number of carbonyl (C=O) groups is 1. The van der Waals surface area contributed by atoms with E-state index in [1.807, 2.05) is 18.2 Å². The minimum Gasteiger partial charge on any atom is -0.326 e. The number of amides is 1. The first-order valence-corrected chi connectivity index (χ1v) is 7.90. The van der Waals surface area contributed by atoms with Crippen LogP contribution >= 0.6 is 0 Å². The van der Waals surface area contributed by atoms with Crippen LogP contribution in [-0.2, 0) is 21.1 Å². The van der Waals surface area contributed by atoms with Gasteiger partial charge in [0.05, 0.1) is 11.3 Å². The van der Waals surface area contributed by atoms with Crippen LogP contribution in [0.2, 0.25) is 0 Å². The molecule has 2 aromatic carbocycles. The molecule has 0 fully saturated rings. The van der Waals surface area contributed by atoms with E-state index in [0.29, 0.717) is 5.69 Å². The Labute approximate surface area is 126 Å². The molecule has 0 spiro atoms. The smallest absolute Gasteiger partial charge is 0.326 e. The molecule has 1 N–H and O–H groups in total. The van der Waals surface area contributed by atoms with Crippen molar-refractivity contribution < 1.29 is 22.0 Å². The van der Waals surface area contributed by atoms with Crippen molar-refractivity contribution in [3.05, 3.63) is 60.2 Å². The highest BCUT2D eigenvalue weighted by Gasteiger charge is 2.26. The quantitative estimate of drug-likeness (QED) is 0.919. The van der Waals surface area contributed by atoms with Crippen LogP contribution in [0.5, 0.6) is 0 Å². The topological polar surface area (TPSA) is 63.2 Å². The molecule has 0 saturated heterocycles. The predicted octanol–water partition coefficient (Wildman–Crippen LogP) is 2.86. The van der Waals surface area contributed by atoms with Gasteiger partial charge in [-0.1, -0.05) is 30.3 Å². The SMILES string of the molecule is O=C(Cc1ccccc1)Nc1ccc(S(=O)(=O)C(F)F)cc1. The zero-order chi connectivity index (χ0) is 16.2. The Kier molecular flexibility index (Phi) is 4.87. The number of sulfone groups is 1. The van der Waals surface area contributed by atoms with Crippen molar-refractivity contribution >= 4 is 21.4 Å². The molecule has 116 valence electrons. The standard InChI is InChI=1S/C15H13F2NO3S/c16-15(17)22(20,21)13-8-6-12(7-9-13)18-14(19)10-11-4-2-1-3-5-11/h1-9,15H,10H2,(H,18,19). The number of carbonyl (C=O) groups excluding carboxylic acids is 1. The van der Waals surface area contributed by atoms with Crippen molar-refractivity contribution in [1.29, 1.82) is 0 Å². The fraction of sp³-hybridized carbons (Fsp3) is 0.133. The molecule has 22 heavy (non-hydrogen) atoms. The lowest BCUT2D eigenvalue weighted by Crippen LogP contribution is -2.15. The van der Waals surface area contributed by atoms with Crippen LogP contribution in [0.1, 0.15) is 5.56 Å². The van der Waals surface area contributed by atoms with Gasteiger partial charge in [-0.05, 0) is 29.8 Å². The van der Waals surface area contributed by atoms with Crippen LogP contribution in [0.3, 0.4) is 0 Å². The summed E-state index contributed by atoms with van der Waals surface area (Å²) in [6, 6.07) is 13.7. The Morgan fingerprint density at radius 3 is 2.14 bits per heavy atom. The number of benzene rings is 2. The maximum atomic E-state index is 12.4. The summed E-state index contributed by atoms with van der Waals surface area (Å²) < 4.78 is 47.3. The summed E-state index contributed by atoms with van der Waals surface area (Å²) in [5.74, 6) is -3.75. The van der Waals surface area contributed by atoms with E-state index in [0.717, 1.165) is 17.7 Å². The van der Waals surface area contributed by atoms with E-state index in [1.165, 1.54) is 12.1 Å². The number of nitrogens with one attached hydrogen (secondary N) is 1. The van der Waals surface area contributed by atoms with Gasteiger partial charge >= 0.3 is 5.76 Å². The molecule has 4 nitrogen and oxygen atoms in total. The van der Waals surface area contributed by atoms with Crippen molar-refractivity contribution in [1.82, 2.24) is 0 Å². The average Bonchev–Trinajstić information content (AvgIpc) is 2.48. The monoisotopic (exact) mass is 325 g/mol. The molecule has 1 amide bonds. The summed E-state index contributed by atoms with van der Waals surface area (Å²) in [5.41, 5.74) is 1.17. The highest BCUT2D eigenvalue weighted by molar-refractivity contribution is 7.91. The van der Waals surface area contributed by atoms with E-state index in [-0.39, 0.29) is 12.3 Å². The lowest BCUT2D eigenvalue weighted by Gasteiger charge is -2.07. The minimum atomic E-state index is -4.62. The zero-order valence-corrected chi connectivity index (χ0v) is 12.2. The van der Waals surface area contributed by atoms with E-state index >= 15 is 0 Å². The molecule has 0 radical (unpaired) electrons. The van der Waals surface area contributed by atoms with Crippen LogP contribution in [0.25, 0.3) is 0 Å². The molecule has 0 aliphatic carbocycles. The van der Waals surface area contributed by atoms with E-state index in [4.69, 9.17) is 0 Å². The Hall–Kier alpha value is -2.28. The van der Waals surface area contributed by atoms with Gasteiger partial charge in [0.15, 0.2) is 0 Å². The number of rotatable bonds is 5. The molecule has 0 aromatic heterocycles. The van der Waals surface area contributed by atoms with E-state index < -0.39 is 20.5 Å². The van der Waals surface area contributed by atoms with Crippen molar-refractivity contribution in [2.24, 2.45) is 0 Å². The Bertz CT molecular complexity index is 744. The molecular formula is C15H13F2NO3S. The number of halogens is 2. The minimum absolute atomic E-state index is 0.165. The summed E-state index contributed by atoms with van der Waals surface area (Å²) in [5, 5.41) is 2.58.